The highest BCUT2D eigenvalue weighted by Gasteiger charge is 4.00. The molecule has 9 bridgehead atoms. The summed E-state index contributed by atoms with van der Waals surface area (Å²) >= 11 is 0. The summed E-state index contributed by atoms with van der Waals surface area (Å²) in [6, 6.07) is 0. The van der Waals surface area contributed by atoms with Crippen LogP contribution in [0.4, 0.5) is 0 Å². The van der Waals surface area contributed by atoms with Crippen LogP contribution in [0.5, 0.6) is 0 Å². The Morgan fingerprint density at radius 2 is 0.750 bits per heavy atom. The van der Waals surface area contributed by atoms with Crippen LogP contribution < -0.4 is 0 Å². The van der Waals surface area contributed by atoms with Gasteiger partial charge in [-0.2, -0.15) is 0 Å². The molecule has 0 unspecified atom stereocenters. The molecule has 0 aromatic rings. The summed E-state index contributed by atoms with van der Waals surface area (Å²) in [5.41, 5.74) is 6.25. The molecule has 0 saturated heterocycles. The summed E-state index contributed by atoms with van der Waals surface area (Å²) in [5, 5.41) is 0. The lowest BCUT2D eigenvalue weighted by Crippen LogP contribution is -1.00. The van der Waals surface area contributed by atoms with Gasteiger partial charge >= 0.3 is 0 Å². The number of rotatable bonds is 0. The standard InChI is InChI=1S/C5.C4H4.C2H6.CH4/c1-2-3(1)4(1,2)5(1,2)3;1-2-3(1)4(1)2;1-2;/h;1-4H;1-2H3;1H4. The van der Waals surface area contributed by atoms with Crippen molar-refractivity contribution in [2.75, 3.05) is 0 Å². The molecule has 9 saturated carbocycles. The first kappa shape index (κ1) is 5.02. The second-order valence-electron chi connectivity index (χ2n) is 6.06. The lowest BCUT2D eigenvalue weighted by Gasteiger charge is -1.07. The molecule has 9 fully saturated rings. The summed E-state index contributed by atoms with van der Waals surface area (Å²) in [4.78, 5) is 0. The molecule has 9 aliphatic carbocycles. The van der Waals surface area contributed by atoms with Gasteiger partial charge in [0.05, 0.1) is 0 Å². The van der Waals surface area contributed by atoms with Crippen LogP contribution in [0.2, 0.25) is 0 Å². The van der Waals surface area contributed by atoms with E-state index in [0.29, 0.717) is 0 Å². The van der Waals surface area contributed by atoms with Gasteiger partial charge in [0.15, 0.2) is 0 Å². The second kappa shape index (κ2) is 0.624. The third kappa shape index (κ3) is 0.110. The molecule has 1 spiro atoms. The van der Waals surface area contributed by atoms with Crippen LogP contribution in [0.15, 0.2) is 0 Å². The maximum atomic E-state index is 2.00. The van der Waals surface area contributed by atoms with Crippen LogP contribution in [0.25, 0.3) is 0 Å². The predicted molar refractivity (Wildman–Crippen MR) is 44.2 cm³/mol. The lowest BCUT2D eigenvalue weighted by molar-refractivity contribution is 1.43. The Morgan fingerprint density at radius 1 is 0.583 bits per heavy atom. The van der Waals surface area contributed by atoms with E-state index in [-0.39, 0.29) is 7.43 Å². The van der Waals surface area contributed by atoms with E-state index in [1.165, 1.54) is 50.7 Å². The zero-order chi connectivity index (χ0) is 6.81. The van der Waals surface area contributed by atoms with Crippen LogP contribution in [0, 0.1) is 50.7 Å². The van der Waals surface area contributed by atoms with E-state index in [4.69, 9.17) is 0 Å². The Hall–Kier alpha value is 0. The Bertz CT molecular complexity index is 263. The van der Waals surface area contributed by atoms with Gasteiger partial charge in [0.25, 0.3) is 0 Å². The fourth-order valence-electron chi connectivity index (χ4n) is 5.79. The van der Waals surface area contributed by atoms with Crippen LogP contribution in [-0.2, 0) is 0 Å². The number of hydrogen-bond donors (Lipinski definition) is 0. The first-order valence-corrected chi connectivity index (χ1v) is 5.50. The van der Waals surface area contributed by atoms with Gasteiger partial charge in [-0.15, -0.1) is 0 Å². The number of hydrogen-bond acceptors (Lipinski definition) is 0. The second-order valence-corrected chi connectivity index (χ2v) is 6.06. The maximum absolute atomic E-state index is 2.00. The molecular weight excluding hydrogens is 144 g/mol. The minimum absolute atomic E-state index is 0. The molecular formula is C12H14. The molecule has 0 nitrogen and oxygen atoms in total. The minimum Gasteiger partial charge on any atom is -0.0776 e. The third-order valence-electron chi connectivity index (χ3n) is 7.10. The molecule has 0 amide bonds. The molecule has 0 aromatic heterocycles. The Labute approximate surface area is 72.7 Å². The highest BCUT2D eigenvalue weighted by Crippen LogP contribution is 4.00. The van der Waals surface area contributed by atoms with Crippen molar-refractivity contribution >= 4 is 0 Å². The van der Waals surface area contributed by atoms with Gasteiger partial charge in [-0.1, -0.05) is 21.3 Å². The smallest absolute Gasteiger partial charge is 0 e. The Balaban J connectivity index is 0.0000000553. The van der Waals surface area contributed by atoms with E-state index in [2.05, 4.69) is 0 Å². The molecule has 62 valence electrons. The molecule has 0 aliphatic heterocycles. The molecule has 0 aromatic carbocycles. The van der Waals surface area contributed by atoms with Gasteiger partial charge in [-0.3, -0.25) is 0 Å². The lowest BCUT2D eigenvalue weighted by atomic mass is 11.0. The van der Waals surface area contributed by atoms with E-state index in [0.717, 1.165) is 0 Å². The highest BCUT2D eigenvalue weighted by molar-refractivity contribution is 6.43. The third-order valence-corrected chi connectivity index (χ3v) is 7.10. The summed E-state index contributed by atoms with van der Waals surface area (Å²) in [6.45, 7) is 4.00. The van der Waals surface area contributed by atoms with Gasteiger partial charge in [0.1, 0.15) is 0 Å². The molecule has 9 aliphatic rings. The summed E-state index contributed by atoms with van der Waals surface area (Å²) in [6.07, 6.45) is 0. The van der Waals surface area contributed by atoms with Crippen LogP contribution in [0.1, 0.15) is 21.3 Å². The molecule has 0 N–H and O–H groups in total. The Kier molecular flexibility index (Phi) is 0.261. The van der Waals surface area contributed by atoms with Gasteiger partial charge in [0, 0.05) is 27.1 Å². The van der Waals surface area contributed by atoms with E-state index < -0.39 is 0 Å². The van der Waals surface area contributed by atoms with Crippen molar-refractivity contribution in [2.24, 2.45) is 50.7 Å². The van der Waals surface area contributed by atoms with E-state index >= 15 is 0 Å². The SMILES string of the molecule is C.C123C45C16C24C356.C12C3C1C23.CC. The van der Waals surface area contributed by atoms with Crippen molar-refractivity contribution in [3.63, 3.8) is 0 Å². The molecule has 0 atom stereocenters. The number of fused-ring (bicyclic) bond motifs is 1. The maximum Gasteiger partial charge on any atom is 0 e. The minimum atomic E-state index is 0. The van der Waals surface area contributed by atoms with Gasteiger partial charge in [-0.25, -0.2) is 0 Å². The predicted octanol–water partition coefficient (Wildman–Crippen LogP) is 2.15. The monoisotopic (exact) mass is 158 g/mol. The quantitative estimate of drug-likeness (QED) is 0.507. The van der Waals surface area contributed by atoms with Gasteiger partial charge in [-0.05, 0) is 23.7 Å². The van der Waals surface area contributed by atoms with Crippen molar-refractivity contribution in [2.45, 2.75) is 21.3 Å². The summed E-state index contributed by atoms with van der Waals surface area (Å²) < 4.78 is 0. The van der Waals surface area contributed by atoms with Crippen LogP contribution in [-0.4, -0.2) is 0 Å². The topological polar surface area (TPSA) is 0 Å². The first-order valence-electron chi connectivity index (χ1n) is 5.50. The first-order chi connectivity index (χ1) is 5.50. The van der Waals surface area contributed by atoms with Crippen molar-refractivity contribution in [1.29, 1.82) is 0 Å². The van der Waals surface area contributed by atoms with Gasteiger partial charge in [0.2, 0.25) is 0 Å². The zero-order valence-electron chi connectivity index (χ0n) is 6.81. The zero-order valence-corrected chi connectivity index (χ0v) is 6.81. The fraction of sp³-hybridized carbons (Fsp3) is 1.00. The summed E-state index contributed by atoms with van der Waals surface area (Å²) in [7, 11) is 0. The molecule has 9 rings (SSSR count). The van der Waals surface area contributed by atoms with E-state index in [9.17, 15) is 0 Å². The van der Waals surface area contributed by atoms with Gasteiger partial charge < -0.3 is 0 Å². The molecule has 0 radical (unpaired) electrons. The van der Waals surface area contributed by atoms with Crippen molar-refractivity contribution in [3.05, 3.63) is 0 Å². The largest absolute Gasteiger partial charge is 0.0776 e. The van der Waals surface area contributed by atoms with Crippen molar-refractivity contribution in [3.8, 4) is 0 Å². The van der Waals surface area contributed by atoms with Crippen molar-refractivity contribution in [1.82, 2.24) is 0 Å². The average molecular weight is 158 g/mol. The van der Waals surface area contributed by atoms with Crippen LogP contribution in [0.3, 0.4) is 0 Å². The normalized spacial score (nSPS) is 116. The molecule has 12 heavy (non-hydrogen) atoms. The molecule has 0 heteroatoms. The van der Waals surface area contributed by atoms with E-state index in [1.54, 1.807) is 0 Å². The average Bonchev–Trinajstić information content (AvgIpc) is 2.74. The molecule has 0 heterocycles. The Morgan fingerprint density at radius 3 is 0.750 bits per heavy atom. The highest BCUT2D eigenvalue weighted by atomic mass is 16.0. The fourth-order valence-corrected chi connectivity index (χ4v) is 5.79. The van der Waals surface area contributed by atoms with E-state index in [1.807, 2.05) is 13.8 Å². The summed E-state index contributed by atoms with van der Waals surface area (Å²) in [5.74, 6) is 5.33. The van der Waals surface area contributed by atoms with Crippen LogP contribution >= 0.6 is 0 Å². The van der Waals surface area contributed by atoms with Crippen molar-refractivity contribution < 1.29 is 0 Å².